The van der Waals surface area contributed by atoms with Gasteiger partial charge in [0.1, 0.15) is 0 Å². The number of nitrogens with two attached hydrogens (primary N) is 1. The Morgan fingerprint density at radius 3 is 2.67 bits per heavy atom. The quantitative estimate of drug-likeness (QED) is 0.662. The Hall–Kier alpha value is -0.560. The van der Waals surface area contributed by atoms with E-state index >= 15 is 0 Å². The third kappa shape index (κ3) is 3.49. The van der Waals surface area contributed by atoms with Gasteiger partial charge in [0.05, 0.1) is 6.04 Å². The van der Waals surface area contributed by atoms with E-state index in [1.807, 2.05) is 0 Å². The lowest BCUT2D eigenvalue weighted by Gasteiger charge is -2.39. The largest absolute Gasteiger partial charge is 0.381 e. The highest BCUT2D eigenvalue weighted by molar-refractivity contribution is 5.04. The van der Waals surface area contributed by atoms with E-state index in [4.69, 9.17) is 16.9 Å². The van der Waals surface area contributed by atoms with Crippen LogP contribution in [0, 0.1) is 12.3 Å². The summed E-state index contributed by atoms with van der Waals surface area (Å²) in [6.45, 7) is 4.35. The van der Waals surface area contributed by atoms with E-state index in [0.717, 1.165) is 38.9 Å². The van der Waals surface area contributed by atoms with E-state index in [2.05, 4.69) is 18.2 Å². The maximum atomic E-state index is 5.85. The molecule has 0 aliphatic carbocycles. The van der Waals surface area contributed by atoms with Crippen molar-refractivity contribution in [3.8, 4) is 12.3 Å². The number of hydrogen-bond acceptors (Lipinski definition) is 3. The Morgan fingerprint density at radius 1 is 1.53 bits per heavy atom. The molecule has 1 saturated heterocycles. The summed E-state index contributed by atoms with van der Waals surface area (Å²) >= 11 is 0. The summed E-state index contributed by atoms with van der Waals surface area (Å²) in [6.07, 6.45) is 9.54. The van der Waals surface area contributed by atoms with Crippen LogP contribution in [-0.4, -0.2) is 31.3 Å². The molecule has 1 fully saturated rings. The molecular formula is C12H22N2O. The highest BCUT2D eigenvalue weighted by Gasteiger charge is 2.32. The zero-order valence-corrected chi connectivity index (χ0v) is 9.59. The zero-order chi connectivity index (χ0) is 11.1. The van der Waals surface area contributed by atoms with Gasteiger partial charge in [0.2, 0.25) is 0 Å². The lowest BCUT2D eigenvalue weighted by atomic mass is 9.89. The number of terminal acetylenes is 1. The van der Waals surface area contributed by atoms with Crippen molar-refractivity contribution < 1.29 is 4.74 Å². The van der Waals surface area contributed by atoms with Crippen molar-refractivity contribution in [2.75, 3.05) is 19.8 Å². The van der Waals surface area contributed by atoms with Gasteiger partial charge in [-0.3, -0.25) is 5.32 Å². The van der Waals surface area contributed by atoms with E-state index < -0.39 is 0 Å². The van der Waals surface area contributed by atoms with Crippen LogP contribution >= 0.6 is 0 Å². The van der Waals surface area contributed by atoms with Crippen molar-refractivity contribution in [1.82, 2.24) is 5.32 Å². The minimum absolute atomic E-state index is 0.00442. The van der Waals surface area contributed by atoms with Crippen LogP contribution < -0.4 is 11.1 Å². The SMILES string of the molecule is C#CC(CCC)NC1(CN)CCOCC1. The third-order valence-electron chi connectivity index (χ3n) is 3.10. The van der Waals surface area contributed by atoms with E-state index in [-0.39, 0.29) is 11.6 Å². The van der Waals surface area contributed by atoms with Crippen molar-refractivity contribution in [2.45, 2.75) is 44.2 Å². The molecule has 3 heteroatoms. The van der Waals surface area contributed by atoms with Gasteiger partial charge in [-0.2, -0.15) is 0 Å². The summed E-state index contributed by atoms with van der Waals surface area (Å²) in [4.78, 5) is 0. The topological polar surface area (TPSA) is 47.3 Å². The predicted octanol–water partition coefficient (Wildman–Crippen LogP) is 0.886. The Bertz CT molecular complexity index is 216. The second-order valence-electron chi connectivity index (χ2n) is 4.25. The van der Waals surface area contributed by atoms with Crippen molar-refractivity contribution >= 4 is 0 Å². The van der Waals surface area contributed by atoms with E-state index in [1.54, 1.807) is 0 Å². The van der Waals surface area contributed by atoms with Crippen LogP contribution in [0.3, 0.4) is 0 Å². The molecule has 1 rings (SSSR count). The molecule has 0 aromatic heterocycles. The fraction of sp³-hybridized carbons (Fsp3) is 0.833. The average Bonchev–Trinajstić information content (AvgIpc) is 2.30. The lowest BCUT2D eigenvalue weighted by molar-refractivity contribution is 0.0387. The van der Waals surface area contributed by atoms with Gasteiger partial charge in [-0.25, -0.2) is 0 Å². The summed E-state index contributed by atoms with van der Waals surface area (Å²) < 4.78 is 5.35. The molecule has 3 N–H and O–H groups in total. The number of ether oxygens (including phenoxy) is 1. The van der Waals surface area contributed by atoms with Gasteiger partial charge in [0, 0.05) is 25.3 Å². The first-order chi connectivity index (χ1) is 7.26. The molecule has 1 aliphatic heterocycles. The minimum Gasteiger partial charge on any atom is -0.381 e. The minimum atomic E-state index is 0.00442. The highest BCUT2D eigenvalue weighted by atomic mass is 16.5. The van der Waals surface area contributed by atoms with Gasteiger partial charge in [-0.15, -0.1) is 6.42 Å². The van der Waals surface area contributed by atoms with Crippen LogP contribution in [0.15, 0.2) is 0 Å². The monoisotopic (exact) mass is 210 g/mol. The molecule has 0 aromatic carbocycles. The fourth-order valence-electron chi connectivity index (χ4n) is 2.02. The molecule has 86 valence electrons. The Labute approximate surface area is 92.8 Å². The van der Waals surface area contributed by atoms with Gasteiger partial charge in [0.25, 0.3) is 0 Å². The molecule has 1 heterocycles. The Kier molecular flexibility index (Phi) is 5.10. The van der Waals surface area contributed by atoms with Gasteiger partial charge in [-0.1, -0.05) is 19.3 Å². The van der Waals surface area contributed by atoms with E-state index in [0.29, 0.717) is 6.54 Å². The second kappa shape index (κ2) is 6.12. The van der Waals surface area contributed by atoms with Gasteiger partial charge in [0.15, 0.2) is 0 Å². The smallest absolute Gasteiger partial charge is 0.0691 e. The molecule has 0 aromatic rings. The molecule has 0 bridgehead atoms. The third-order valence-corrected chi connectivity index (χ3v) is 3.10. The predicted molar refractivity (Wildman–Crippen MR) is 62.5 cm³/mol. The highest BCUT2D eigenvalue weighted by Crippen LogP contribution is 2.20. The van der Waals surface area contributed by atoms with Crippen molar-refractivity contribution in [3.05, 3.63) is 0 Å². The zero-order valence-electron chi connectivity index (χ0n) is 9.59. The maximum Gasteiger partial charge on any atom is 0.0691 e. The first-order valence-corrected chi connectivity index (χ1v) is 5.78. The average molecular weight is 210 g/mol. The molecule has 0 saturated carbocycles. The fourth-order valence-corrected chi connectivity index (χ4v) is 2.02. The van der Waals surface area contributed by atoms with E-state index in [9.17, 15) is 0 Å². The standard InChI is InChI=1S/C12H22N2O/c1-3-5-11(4-2)14-12(10-13)6-8-15-9-7-12/h2,11,14H,3,5-10,13H2,1H3. The van der Waals surface area contributed by atoms with Crippen LogP contribution in [-0.2, 0) is 4.74 Å². The molecule has 1 unspecified atom stereocenters. The normalized spacial score (nSPS) is 21.9. The summed E-state index contributed by atoms with van der Waals surface area (Å²) in [5.41, 5.74) is 5.86. The van der Waals surface area contributed by atoms with Crippen LogP contribution in [0.25, 0.3) is 0 Å². The summed E-state index contributed by atoms with van der Waals surface area (Å²) in [7, 11) is 0. The molecule has 3 nitrogen and oxygen atoms in total. The van der Waals surface area contributed by atoms with Crippen LogP contribution in [0.2, 0.25) is 0 Å². The molecule has 0 radical (unpaired) electrons. The molecule has 1 aliphatic rings. The van der Waals surface area contributed by atoms with Crippen molar-refractivity contribution in [2.24, 2.45) is 5.73 Å². The molecular weight excluding hydrogens is 188 g/mol. The molecule has 15 heavy (non-hydrogen) atoms. The van der Waals surface area contributed by atoms with E-state index in [1.165, 1.54) is 0 Å². The number of nitrogens with one attached hydrogen (secondary N) is 1. The Balaban J connectivity index is 2.53. The Morgan fingerprint density at radius 2 is 2.20 bits per heavy atom. The van der Waals surface area contributed by atoms with Gasteiger partial charge in [-0.05, 0) is 19.3 Å². The lowest BCUT2D eigenvalue weighted by Crippen LogP contribution is -2.57. The first kappa shape index (κ1) is 12.5. The van der Waals surface area contributed by atoms with Crippen LogP contribution in [0.1, 0.15) is 32.6 Å². The summed E-state index contributed by atoms with van der Waals surface area (Å²) in [5, 5.41) is 3.53. The van der Waals surface area contributed by atoms with Gasteiger partial charge < -0.3 is 10.5 Å². The number of hydrogen-bond donors (Lipinski definition) is 2. The molecule has 0 spiro atoms. The molecule has 1 atom stereocenters. The van der Waals surface area contributed by atoms with Crippen molar-refractivity contribution in [1.29, 1.82) is 0 Å². The first-order valence-electron chi connectivity index (χ1n) is 5.78. The number of rotatable bonds is 5. The maximum absolute atomic E-state index is 5.85. The molecule has 0 amide bonds. The van der Waals surface area contributed by atoms with Crippen LogP contribution in [0.5, 0.6) is 0 Å². The van der Waals surface area contributed by atoms with Crippen molar-refractivity contribution in [3.63, 3.8) is 0 Å². The summed E-state index contributed by atoms with van der Waals surface area (Å²) in [6, 6.07) is 0.150. The van der Waals surface area contributed by atoms with Gasteiger partial charge >= 0.3 is 0 Å². The second-order valence-corrected chi connectivity index (χ2v) is 4.25. The van der Waals surface area contributed by atoms with Crippen LogP contribution in [0.4, 0.5) is 0 Å². The summed E-state index contributed by atoms with van der Waals surface area (Å²) in [5.74, 6) is 2.80.